The number of nitrogens with one attached hydrogen (secondary N) is 1. The number of hydrogen-bond acceptors (Lipinski definition) is 3. The molecule has 1 aromatic rings. The molecule has 1 aliphatic rings. The van der Waals surface area contributed by atoms with Crippen LogP contribution in [0.1, 0.15) is 11.6 Å². The zero-order valence-corrected chi connectivity index (χ0v) is 11.2. The third kappa shape index (κ3) is 2.84. The molecule has 1 atom stereocenters. The smallest absolute Gasteiger partial charge is 0.408 e. The molecule has 8 heteroatoms. The first-order valence-corrected chi connectivity index (χ1v) is 5.49. The second kappa shape index (κ2) is 5.27. The van der Waals surface area contributed by atoms with Crippen LogP contribution < -0.4 is 5.32 Å². The Hall–Kier alpha value is -1.08. The molecule has 0 aromatic heterocycles. The van der Waals surface area contributed by atoms with Gasteiger partial charge >= 0.3 is 12.0 Å². The lowest BCUT2D eigenvalue weighted by atomic mass is 9.99. The molecular formula is C10H9BrClF2NO3. The van der Waals surface area contributed by atoms with E-state index in [1.54, 1.807) is 0 Å². The molecule has 1 saturated heterocycles. The average molecular weight is 345 g/mol. The summed E-state index contributed by atoms with van der Waals surface area (Å²) in [5, 5.41) is 11.6. The minimum Gasteiger partial charge on any atom is -0.508 e. The van der Waals surface area contributed by atoms with Crippen molar-refractivity contribution in [3.63, 3.8) is 0 Å². The summed E-state index contributed by atoms with van der Waals surface area (Å²) in [6.45, 7) is -1.00. The molecule has 0 bridgehead atoms. The van der Waals surface area contributed by atoms with E-state index in [0.717, 1.165) is 0 Å². The quantitative estimate of drug-likeness (QED) is 0.823. The number of rotatable bonds is 1. The molecule has 0 spiro atoms. The number of halogens is 4. The van der Waals surface area contributed by atoms with Crippen molar-refractivity contribution in [3.8, 4) is 5.75 Å². The lowest BCUT2D eigenvalue weighted by Gasteiger charge is -2.32. The third-order valence-corrected chi connectivity index (χ3v) is 2.87. The zero-order valence-electron chi connectivity index (χ0n) is 8.82. The van der Waals surface area contributed by atoms with E-state index in [0.29, 0.717) is 4.47 Å². The van der Waals surface area contributed by atoms with E-state index in [-0.39, 0.29) is 23.7 Å². The number of ether oxygens (including phenoxy) is 1. The first-order chi connectivity index (χ1) is 7.90. The fraction of sp³-hybridized carbons (Fsp3) is 0.300. The van der Waals surface area contributed by atoms with Gasteiger partial charge in [0.2, 0.25) is 0 Å². The molecule has 100 valence electrons. The molecule has 1 amide bonds. The number of alkyl carbamates (subject to hydrolysis) is 1. The average Bonchev–Trinajstić information content (AvgIpc) is 2.26. The normalized spacial score (nSPS) is 21.5. The Balaban J connectivity index is 0.00000162. The number of carbonyl (C=O) groups is 1. The van der Waals surface area contributed by atoms with Gasteiger partial charge in [0, 0.05) is 10.0 Å². The topological polar surface area (TPSA) is 58.6 Å². The summed E-state index contributed by atoms with van der Waals surface area (Å²) in [6, 6.07) is 2.52. The van der Waals surface area contributed by atoms with E-state index >= 15 is 0 Å². The monoisotopic (exact) mass is 343 g/mol. The number of carbonyl (C=O) groups excluding carboxylic acids is 1. The maximum atomic E-state index is 13.6. The third-order valence-electron chi connectivity index (χ3n) is 2.38. The fourth-order valence-electron chi connectivity index (χ4n) is 1.57. The highest BCUT2D eigenvalue weighted by atomic mass is 79.9. The van der Waals surface area contributed by atoms with Crippen LogP contribution in [-0.2, 0) is 4.74 Å². The minimum atomic E-state index is -3.27. The van der Waals surface area contributed by atoms with Gasteiger partial charge < -0.3 is 15.2 Å². The van der Waals surface area contributed by atoms with E-state index in [1.807, 2.05) is 5.32 Å². The molecule has 0 aliphatic carbocycles. The van der Waals surface area contributed by atoms with Crippen molar-refractivity contribution in [1.82, 2.24) is 5.32 Å². The SMILES string of the molecule is Cl.O=C1N[C@H](c2cc(Br)ccc2O)C(F)(F)CO1. The number of phenolic OH excluding ortho intramolecular Hbond substituents is 1. The predicted molar refractivity (Wildman–Crippen MR) is 65.2 cm³/mol. The van der Waals surface area contributed by atoms with Crippen molar-refractivity contribution in [1.29, 1.82) is 0 Å². The van der Waals surface area contributed by atoms with Crippen LogP contribution in [0, 0.1) is 0 Å². The van der Waals surface area contributed by atoms with Gasteiger partial charge in [-0.15, -0.1) is 12.4 Å². The fourth-order valence-corrected chi connectivity index (χ4v) is 1.95. The van der Waals surface area contributed by atoms with Gasteiger partial charge in [-0.05, 0) is 18.2 Å². The number of cyclic esters (lactones) is 1. The van der Waals surface area contributed by atoms with E-state index in [1.165, 1.54) is 18.2 Å². The summed E-state index contributed by atoms with van der Waals surface area (Å²) >= 11 is 3.12. The Kier molecular flexibility index (Phi) is 4.39. The number of phenols is 1. The van der Waals surface area contributed by atoms with Crippen LogP contribution in [0.3, 0.4) is 0 Å². The molecule has 18 heavy (non-hydrogen) atoms. The van der Waals surface area contributed by atoms with Crippen LogP contribution in [0.2, 0.25) is 0 Å². The molecule has 0 saturated carbocycles. The van der Waals surface area contributed by atoms with E-state index < -0.39 is 24.7 Å². The Bertz CT molecular complexity index is 472. The van der Waals surface area contributed by atoms with Gasteiger partial charge in [0.25, 0.3) is 0 Å². The van der Waals surface area contributed by atoms with Crippen LogP contribution in [-0.4, -0.2) is 23.7 Å². The highest BCUT2D eigenvalue weighted by Gasteiger charge is 2.47. The van der Waals surface area contributed by atoms with Gasteiger partial charge in [-0.3, -0.25) is 0 Å². The zero-order chi connectivity index (χ0) is 12.6. The second-order valence-corrected chi connectivity index (χ2v) is 4.53. The number of amides is 1. The van der Waals surface area contributed by atoms with Crippen LogP contribution >= 0.6 is 28.3 Å². The van der Waals surface area contributed by atoms with Crippen molar-refractivity contribution < 1.29 is 23.4 Å². The Morgan fingerprint density at radius 1 is 1.50 bits per heavy atom. The first kappa shape index (κ1) is 15.0. The largest absolute Gasteiger partial charge is 0.508 e. The molecule has 0 unspecified atom stereocenters. The summed E-state index contributed by atoms with van der Waals surface area (Å²) in [4.78, 5) is 11.0. The molecule has 1 aliphatic heterocycles. The Labute approximate surface area is 116 Å². The van der Waals surface area contributed by atoms with E-state index in [2.05, 4.69) is 20.7 Å². The van der Waals surface area contributed by atoms with Crippen molar-refractivity contribution >= 4 is 34.4 Å². The Morgan fingerprint density at radius 2 is 2.17 bits per heavy atom. The van der Waals surface area contributed by atoms with Gasteiger partial charge in [-0.1, -0.05) is 15.9 Å². The van der Waals surface area contributed by atoms with Crippen LogP contribution in [0.25, 0.3) is 0 Å². The number of benzene rings is 1. The lowest BCUT2D eigenvalue weighted by molar-refractivity contribution is -0.104. The highest BCUT2D eigenvalue weighted by molar-refractivity contribution is 9.10. The summed E-state index contributed by atoms with van der Waals surface area (Å²) in [5.74, 6) is -3.58. The summed E-state index contributed by atoms with van der Waals surface area (Å²) in [5.41, 5.74) is -0.0546. The number of aromatic hydroxyl groups is 1. The summed E-state index contributed by atoms with van der Waals surface area (Å²) in [6.07, 6.45) is -0.930. The van der Waals surface area contributed by atoms with Gasteiger partial charge in [0.05, 0.1) is 0 Å². The molecule has 4 nitrogen and oxygen atoms in total. The predicted octanol–water partition coefficient (Wildman–Crippen LogP) is 2.99. The second-order valence-electron chi connectivity index (χ2n) is 3.62. The molecule has 2 N–H and O–H groups in total. The number of hydrogen-bond donors (Lipinski definition) is 2. The van der Waals surface area contributed by atoms with Gasteiger partial charge in [-0.25, -0.2) is 13.6 Å². The summed E-state index contributed by atoms with van der Waals surface area (Å²) < 4.78 is 31.9. The van der Waals surface area contributed by atoms with Crippen molar-refractivity contribution in [3.05, 3.63) is 28.2 Å². The van der Waals surface area contributed by atoms with Crippen molar-refractivity contribution in [2.45, 2.75) is 12.0 Å². The van der Waals surface area contributed by atoms with Gasteiger partial charge in [0.15, 0.2) is 6.61 Å². The molecular weight excluding hydrogens is 335 g/mol. The first-order valence-electron chi connectivity index (χ1n) is 4.70. The van der Waals surface area contributed by atoms with Gasteiger partial charge in [0.1, 0.15) is 11.8 Å². The standard InChI is InChI=1S/C10H8BrF2NO3.ClH/c11-5-1-2-7(15)6(3-5)8-10(12,13)4-17-9(16)14-8;/h1-3,8,15H,4H2,(H,14,16);1H/t8-;/m1./s1. The van der Waals surface area contributed by atoms with Gasteiger partial charge in [-0.2, -0.15) is 0 Å². The maximum absolute atomic E-state index is 13.6. The van der Waals surface area contributed by atoms with E-state index in [4.69, 9.17) is 0 Å². The summed E-state index contributed by atoms with van der Waals surface area (Å²) in [7, 11) is 0. The van der Waals surface area contributed by atoms with E-state index in [9.17, 15) is 18.7 Å². The van der Waals surface area contributed by atoms with Crippen LogP contribution in [0.5, 0.6) is 5.75 Å². The molecule has 1 aromatic carbocycles. The molecule has 1 fully saturated rings. The van der Waals surface area contributed by atoms with Crippen LogP contribution in [0.4, 0.5) is 13.6 Å². The van der Waals surface area contributed by atoms with Crippen molar-refractivity contribution in [2.75, 3.05) is 6.61 Å². The highest BCUT2D eigenvalue weighted by Crippen LogP contribution is 2.39. The number of alkyl halides is 2. The van der Waals surface area contributed by atoms with Crippen molar-refractivity contribution in [2.24, 2.45) is 0 Å². The Morgan fingerprint density at radius 3 is 2.83 bits per heavy atom. The molecule has 2 rings (SSSR count). The minimum absolute atomic E-state index is 0. The molecule has 1 heterocycles. The van der Waals surface area contributed by atoms with Crippen LogP contribution in [0.15, 0.2) is 22.7 Å². The maximum Gasteiger partial charge on any atom is 0.408 e. The molecule has 0 radical (unpaired) electrons. The lowest BCUT2D eigenvalue weighted by Crippen LogP contribution is -2.49.